The summed E-state index contributed by atoms with van der Waals surface area (Å²) in [5.41, 5.74) is 1.41. The Balaban J connectivity index is 2.46. The Morgan fingerprint density at radius 1 is 1.42 bits per heavy atom. The predicted octanol–water partition coefficient (Wildman–Crippen LogP) is 2.20. The third-order valence-corrected chi connectivity index (χ3v) is 3.92. The van der Waals surface area contributed by atoms with Crippen LogP contribution in [0.2, 0.25) is 0 Å². The van der Waals surface area contributed by atoms with Crippen LogP contribution in [-0.2, 0) is 0 Å². The van der Waals surface area contributed by atoms with Gasteiger partial charge in [0.2, 0.25) is 0 Å². The number of aryl methyl sites for hydroxylation is 1. The van der Waals surface area contributed by atoms with Crippen molar-refractivity contribution in [2.75, 3.05) is 14.1 Å². The Kier molecular flexibility index (Phi) is 3.92. The number of thiazole rings is 1. The van der Waals surface area contributed by atoms with E-state index >= 15 is 0 Å². The van der Waals surface area contributed by atoms with E-state index < -0.39 is 5.97 Å². The molecule has 0 bridgehead atoms. The highest BCUT2D eigenvalue weighted by molar-refractivity contribution is 7.13. The largest absolute Gasteiger partial charge is 0.477 e. The van der Waals surface area contributed by atoms with Gasteiger partial charge >= 0.3 is 5.97 Å². The zero-order valence-electron chi connectivity index (χ0n) is 11.0. The van der Waals surface area contributed by atoms with Gasteiger partial charge < -0.3 is 5.11 Å². The van der Waals surface area contributed by atoms with Gasteiger partial charge in [0.15, 0.2) is 0 Å². The molecule has 2 rings (SSSR count). The topological polar surface area (TPSA) is 66.3 Å². The second-order valence-corrected chi connectivity index (χ2v) is 5.42. The number of hydrogen-bond donors (Lipinski definition) is 1. The molecule has 0 aromatic carbocycles. The lowest BCUT2D eigenvalue weighted by atomic mass is 10.2. The van der Waals surface area contributed by atoms with Crippen LogP contribution >= 0.6 is 11.3 Å². The SMILES string of the molecule is Cc1nc(C(c2ccccn2)N(C)C)sc1C(=O)O. The highest BCUT2D eigenvalue weighted by Gasteiger charge is 2.24. The Bertz CT molecular complexity index is 581. The highest BCUT2D eigenvalue weighted by Crippen LogP contribution is 2.30. The third kappa shape index (κ3) is 2.80. The summed E-state index contributed by atoms with van der Waals surface area (Å²) in [5, 5.41) is 9.86. The third-order valence-electron chi connectivity index (χ3n) is 2.73. The molecule has 6 heteroatoms. The fourth-order valence-electron chi connectivity index (χ4n) is 1.88. The van der Waals surface area contributed by atoms with Crippen molar-refractivity contribution < 1.29 is 9.90 Å². The molecule has 2 aromatic rings. The highest BCUT2D eigenvalue weighted by atomic mass is 32.1. The lowest BCUT2D eigenvalue weighted by Gasteiger charge is -2.21. The van der Waals surface area contributed by atoms with Crippen molar-refractivity contribution in [3.05, 3.63) is 45.7 Å². The van der Waals surface area contributed by atoms with Crippen molar-refractivity contribution in [1.29, 1.82) is 0 Å². The Labute approximate surface area is 115 Å². The van der Waals surface area contributed by atoms with Gasteiger partial charge in [0.25, 0.3) is 0 Å². The van der Waals surface area contributed by atoms with Gasteiger partial charge in [0.1, 0.15) is 15.9 Å². The van der Waals surface area contributed by atoms with Crippen molar-refractivity contribution >= 4 is 17.3 Å². The minimum absolute atomic E-state index is 0.127. The van der Waals surface area contributed by atoms with Gasteiger partial charge in [-0.3, -0.25) is 9.88 Å². The molecule has 0 aliphatic heterocycles. The second kappa shape index (κ2) is 5.46. The Hall–Kier alpha value is -1.79. The minimum atomic E-state index is -0.931. The number of hydrogen-bond acceptors (Lipinski definition) is 5. The summed E-state index contributed by atoms with van der Waals surface area (Å²) in [6.45, 7) is 1.72. The smallest absolute Gasteiger partial charge is 0.347 e. The predicted molar refractivity (Wildman–Crippen MR) is 73.6 cm³/mol. The van der Waals surface area contributed by atoms with Crippen molar-refractivity contribution in [1.82, 2.24) is 14.9 Å². The molecule has 0 radical (unpaired) electrons. The molecule has 100 valence electrons. The molecule has 0 aliphatic carbocycles. The molecule has 1 unspecified atom stereocenters. The molecule has 1 N–H and O–H groups in total. The maximum atomic E-state index is 11.1. The van der Waals surface area contributed by atoms with Crippen molar-refractivity contribution in [3.8, 4) is 0 Å². The van der Waals surface area contributed by atoms with Crippen molar-refractivity contribution in [2.45, 2.75) is 13.0 Å². The van der Waals surface area contributed by atoms with Gasteiger partial charge in [-0.1, -0.05) is 6.07 Å². The first kappa shape index (κ1) is 13.6. The van der Waals surface area contributed by atoms with Crippen LogP contribution in [0.15, 0.2) is 24.4 Å². The van der Waals surface area contributed by atoms with Gasteiger partial charge in [-0.2, -0.15) is 0 Å². The van der Waals surface area contributed by atoms with Crippen molar-refractivity contribution in [3.63, 3.8) is 0 Å². The molecule has 2 aromatic heterocycles. The van der Waals surface area contributed by atoms with E-state index in [9.17, 15) is 4.79 Å². The van der Waals surface area contributed by atoms with Crippen LogP contribution in [0.3, 0.4) is 0 Å². The summed E-state index contributed by atoms with van der Waals surface area (Å²) in [6.07, 6.45) is 1.73. The minimum Gasteiger partial charge on any atom is -0.477 e. The zero-order valence-corrected chi connectivity index (χ0v) is 11.8. The van der Waals surface area contributed by atoms with Gasteiger partial charge in [0, 0.05) is 6.20 Å². The second-order valence-electron chi connectivity index (χ2n) is 4.39. The molecule has 5 nitrogen and oxygen atoms in total. The molecule has 1 atom stereocenters. The molecule has 0 saturated heterocycles. The van der Waals surface area contributed by atoms with Gasteiger partial charge in [-0.25, -0.2) is 9.78 Å². The number of aromatic carboxylic acids is 1. The number of aromatic nitrogens is 2. The lowest BCUT2D eigenvalue weighted by molar-refractivity contribution is 0.0701. The Morgan fingerprint density at radius 2 is 2.16 bits per heavy atom. The van der Waals surface area contributed by atoms with Gasteiger partial charge in [0.05, 0.1) is 11.4 Å². The number of carboxylic acid groups (broad SMARTS) is 1. The van der Waals surface area contributed by atoms with Crippen LogP contribution in [0.4, 0.5) is 0 Å². The van der Waals surface area contributed by atoms with Gasteiger partial charge in [-0.05, 0) is 33.2 Å². The van der Waals surface area contributed by atoms with E-state index in [0.717, 1.165) is 10.7 Å². The summed E-state index contributed by atoms with van der Waals surface area (Å²) in [7, 11) is 3.85. The van der Waals surface area contributed by atoms with Crippen LogP contribution in [0.5, 0.6) is 0 Å². The van der Waals surface area contributed by atoms with Crippen molar-refractivity contribution in [2.24, 2.45) is 0 Å². The lowest BCUT2D eigenvalue weighted by Crippen LogP contribution is -2.21. The average molecular weight is 277 g/mol. The number of carboxylic acids is 1. The van der Waals surface area contributed by atoms with E-state index in [1.807, 2.05) is 37.2 Å². The van der Waals surface area contributed by atoms with Crippen LogP contribution in [0.1, 0.15) is 32.1 Å². The standard InChI is InChI=1S/C13H15N3O2S/c1-8-11(13(17)18)19-12(15-8)10(16(2)3)9-6-4-5-7-14-9/h4-7,10H,1-3H3,(H,17,18). The molecule has 0 aliphatic rings. The summed E-state index contributed by atoms with van der Waals surface area (Å²) >= 11 is 1.21. The van der Waals surface area contributed by atoms with E-state index in [1.165, 1.54) is 11.3 Å². The first-order valence-corrected chi connectivity index (χ1v) is 6.60. The molecule has 2 heterocycles. The monoisotopic (exact) mass is 277 g/mol. The maximum absolute atomic E-state index is 11.1. The van der Waals surface area contributed by atoms with Crippen LogP contribution in [0, 0.1) is 6.92 Å². The van der Waals surface area contributed by atoms with E-state index in [2.05, 4.69) is 9.97 Å². The summed E-state index contributed by atoms with van der Waals surface area (Å²) in [5.74, 6) is -0.931. The first-order valence-electron chi connectivity index (χ1n) is 5.78. The summed E-state index contributed by atoms with van der Waals surface area (Å²) < 4.78 is 0. The number of carbonyl (C=O) groups is 1. The number of rotatable bonds is 4. The summed E-state index contributed by atoms with van der Waals surface area (Å²) in [4.78, 5) is 22.1. The average Bonchev–Trinajstić information content (AvgIpc) is 2.72. The fraction of sp³-hybridized carbons (Fsp3) is 0.308. The number of nitrogens with zero attached hydrogens (tertiary/aromatic N) is 3. The quantitative estimate of drug-likeness (QED) is 0.928. The normalized spacial score (nSPS) is 12.6. The van der Waals surface area contributed by atoms with Crippen LogP contribution in [0.25, 0.3) is 0 Å². The van der Waals surface area contributed by atoms with Crippen LogP contribution in [-0.4, -0.2) is 40.0 Å². The molecular weight excluding hydrogens is 262 g/mol. The molecule has 0 amide bonds. The molecular formula is C13H15N3O2S. The van der Waals surface area contributed by atoms with Gasteiger partial charge in [-0.15, -0.1) is 11.3 Å². The van der Waals surface area contributed by atoms with E-state index in [1.54, 1.807) is 13.1 Å². The fourth-order valence-corrected chi connectivity index (χ4v) is 3.00. The zero-order chi connectivity index (χ0) is 14.0. The summed E-state index contributed by atoms with van der Waals surface area (Å²) in [6, 6.07) is 5.56. The van der Waals surface area contributed by atoms with E-state index in [0.29, 0.717) is 5.69 Å². The van der Waals surface area contributed by atoms with Crippen LogP contribution < -0.4 is 0 Å². The Morgan fingerprint density at radius 3 is 2.63 bits per heavy atom. The molecule has 0 saturated carbocycles. The maximum Gasteiger partial charge on any atom is 0.347 e. The van der Waals surface area contributed by atoms with E-state index in [4.69, 9.17) is 5.11 Å². The molecule has 0 spiro atoms. The van der Waals surface area contributed by atoms with E-state index in [-0.39, 0.29) is 10.9 Å². The number of pyridine rings is 1. The first-order chi connectivity index (χ1) is 9.00. The molecule has 19 heavy (non-hydrogen) atoms. The molecule has 0 fully saturated rings.